The highest BCUT2D eigenvalue weighted by molar-refractivity contribution is 5.93. The van der Waals surface area contributed by atoms with E-state index in [4.69, 9.17) is 0 Å². The molecule has 1 aliphatic rings. The summed E-state index contributed by atoms with van der Waals surface area (Å²) in [6.07, 6.45) is 6.79. The zero-order chi connectivity index (χ0) is 16.6. The molecule has 25 heavy (non-hydrogen) atoms. The van der Waals surface area contributed by atoms with E-state index in [9.17, 15) is 0 Å². The zero-order valence-corrected chi connectivity index (χ0v) is 14.0. The number of nitrogens with zero attached hydrogens (tertiary/aromatic N) is 1. The van der Waals surface area contributed by atoms with Gasteiger partial charge in [0.25, 0.3) is 0 Å². The maximum absolute atomic E-state index is 2.45. The van der Waals surface area contributed by atoms with Crippen molar-refractivity contribution in [3.63, 3.8) is 0 Å². The van der Waals surface area contributed by atoms with Crippen LogP contribution in [0.1, 0.15) is 17.7 Å². The van der Waals surface area contributed by atoms with Crippen molar-refractivity contribution in [3.8, 4) is 16.8 Å². The molecule has 0 atom stereocenters. The van der Waals surface area contributed by atoms with Gasteiger partial charge in [0, 0.05) is 22.3 Å². The predicted octanol–water partition coefficient (Wildman–Crippen LogP) is 6.26. The molecule has 1 aromatic heterocycles. The van der Waals surface area contributed by atoms with E-state index in [1.807, 2.05) is 0 Å². The Balaban J connectivity index is 1.76. The minimum Gasteiger partial charge on any atom is -0.313 e. The number of fused-ring (bicyclic) bond motifs is 3. The number of para-hydroxylation sites is 1. The third-order valence-electron chi connectivity index (χ3n) is 5.06. The van der Waals surface area contributed by atoms with Crippen molar-refractivity contribution >= 4 is 17.0 Å². The number of rotatable bonds is 2. The molecule has 0 bridgehead atoms. The molecule has 0 unspecified atom stereocenters. The molecule has 1 aliphatic carbocycles. The van der Waals surface area contributed by atoms with Gasteiger partial charge in [-0.2, -0.15) is 0 Å². The standard InChI is InChI=1S/C24H19N/c1-2-9-18(10-3-1)19-11-8-12-20(17-19)25-23-15-6-4-13-21(23)22-14-5-7-16-24(22)25/h1-6,8-15,17H,7,16H2. The van der Waals surface area contributed by atoms with Crippen LogP contribution in [0.15, 0.2) is 84.9 Å². The van der Waals surface area contributed by atoms with Crippen LogP contribution in [0.3, 0.4) is 0 Å². The number of hydrogen-bond donors (Lipinski definition) is 0. The van der Waals surface area contributed by atoms with Crippen molar-refractivity contribution in [3.05, 3.63) is 96.2 Å². The first-order valence-corrected chi connectivity index (χ1v) is 8.86. The second-order valence-corrected chi connectivity index (χ2v) is 6.57. The Bertz CT molecular complexity index is 1080. The van der Waals surface area contributed by atoms with E-state index >= 15 is 0 Å². The maximum atomic E-state index is 2.45. The van der Waals surface area contributed by atoms with Gasteiger partial charge in [0.1, 0.15) is 0 Å². The van der Waals surface area contributed by atoms with Gasteiger partial charge in [0.2, 0.25) is 0 Å². The Morgan fingerprint density at radius 3 is 2.44 bits per heavy atom. The summed E-state index contributed by atoms with van der Waals surface area (Å²) in [6.45, 7) is 0. The van der Waals surface area contributed by atoms with Gasteiger partial charge >= 0.3 is 0 Å². The van der Waals surface area contributed by atoms with E-state index in [0.717, 1.165) is 12.8 Å². The van der Waals surface area contributed by atoms with Crippen molar-refractivity contribution in [2.75, 3.05) is 0 Å². The Morgan fingerprint density at radius 2 is 1.52 bits per heavy atom. The minimum absolute atomic E-state index is 1.09. The van der Waals surface area contributed by atoms with Gasteiger partial charge in [0.05, 0.1) is 5.52 Å². The predicted molar refractivity (Wildman–Crippen MR) is 106 cm³/mol. The van der Waals surface area contributed by atoms with Crippen LogP contribution in [0, 0.1) is 0 Å². The molecule has 0 aliphatic heterocycles. The topological polar surface area (TPSA) is 4.93 Å². The summed E-state index contributed by atoms with van der Waals surface area (Å²) in [6, 6.07) is 28.2. The van der Waals surface area contributed by atoms with Crippen LogP contribution in [0.25, 0.3) is 33.8 Å². The van der Waals surface area contributed by atoms with Crippen molar-refractivity contribution in [2.24, 2.45) is 0 Å². The monoisotopic (exact) mass is 321 g/mol. The number of aromatic nitrogens is 1. The van der Waals surface area contributed by atoms with Gasteiger partial charge in [-0.25, -0.2) is 0 Å². The number of hydrogen-bond acceptors (Lipinski definition) is 0. The van der Waals surface area contributed by atoms with E-state index in [1.54, 1.807) is 0 Å². The second kappa shape index (κ2) is 5.78. The SMILES string of the molecule is C1=Cc2c(n(-c3cccc(-c4ccccc4)c3)c3ccccc23)CC1. The Hall–Kier alpha value is -3.06. The Labute approximate surface area is 147 Å². The van der Waals surface area contributed by atoms with Crippen LogP contribution >= 0.6 is 0 Å². The van der Waals surface area contributed by atoms with Crippen LogP contribution < -0.4 is 0 Å². The molecule has 0 amide bonds. The molecular weight excluding hydrogens is 302 g/mol. The first-order chi connectivity index (χ1) is 12.4. The molecule has 0 N–H and O–H groups in total. The van der Waals surface area contributed by atoms with Crippen LogP contribution in [-0.4, -0.2) is 4.57 Å². The summed E-state index contributed by atoms with van der Waals surface area (Å²) in [7, 11) is 0. The van der Waals surface area contributed by atoms with Gasteiger partial charge in [-0.1, -0.05) is 72.8 Å². The first-order valence-electron chi connectivity index (χ1n) is 8.86. The summed E-state index contributed by atoms with van der Waals surface area (Å²) in [5.41, 5.74) is 7.87. The van der Waals surface area contributed by atoms with Crippen LogP contribution in [-0.2, 0) is 6.42 Å². The van der Waals surface area contributed by atoms with Crippen molar-refractivity contribution in [1.29, 1.82) is 0 Å². The normalized spacial score (nSPS) is 13.1. The van der Waals surface area contributed by atoms with Crippen molar-refractivity contribution < 1.29 is 0 Å². The summed E-state index contributed by atoms with van der Waals surface area (Å²) < 4.78 is 2.45. The molecule has 3 aromatic carbocycles. The van der Waals surface area contributed by atoms with E-state index in [1.165, 1.54) is 39.0 Å². The summed E-state index contributed by atoms with van der Waals surface area (Å²) in [4.78, 5) is 0. The first kappa shape index (κ1) is 14.3. The lowest BCUT2D eigenvalue weighted by Crippen LogP contribution is -2.03. The van der Waals surface area contributed by atoms with Crippen molar-refractivity contribution in [2.45, 2.75) is 12.8 Å². The van der Waals surface area contributed by atoms with E-state index in [2.05, 4.69) is 95.6 Å². The highest BCUT2D eigenvalue weighted by Crippen LogP contribution is 2.34. The smallest absolute Gasteiger partial charge is 0.0537 e. The lowest BCUT2D eigenvalue weighted by atomic mass is 10.0. The maximum Gasteiger partial charge on any atom is 0.0537 e. The van der Waals surface area contributed by atoms with Crippen molar-refractivity contribution in [1.82, 2.24) is 4.57 Å². The molecule has 4 aromatic rings. The van der Waals surface area contributed by atoms with Gasteiger partial charge in [-0.05, 0) is 42.2 Å². The molecule has 5 rings (SSSR count). The number of allylic oxidation sites excluding steroid dienone is 1. The lowest BCUT2D eigenvalue weighted by Gasteiger charge is -2.14. The van der Waals surface area contributed by atoms with Crippen LogP contribution in [0.5, 0.6) is 0 Å². The van der Waals surface area contributed by atoms with E-state index in [-0.39, 0.29) is 0 Å². The largest absolute Gasteiger partial charge is 0.313 e. The Morgan fingerprint density at radius 1 is 0.720 bits per heavy atom. The third-order valence-corrected chi connectivity index (χ3v) is 5.06. The second-order valence-electron chi connectivity index (χ2n) is 6.57. The summed E-state index contributed by atoms with van der Waals surface area (Å²) >= 11 is 0. The molecule has 1 heterocycles. The fourth-order valence-electron chi connectivity index (χ4n) is 3.92. The highest BCUT2D eigenvalue weighted by atomic mass is 15.0. The molecule has 120 valence electrons. The molecule has 0 fully saturated rings. The molecule has 1 nitrogen and oxygen atoms in total. The molecular formula is C24H19N. The van der Waals surface area contributed by atoms with Crippen LogP contribution in [0.4, 0.5) is 0 Å². The van der Waals surface area contributed by atoms with Gasteiger partial charge in [-0.15, -0.1) is 0 Å². The number of benzene rings is 3. The third kappa shape index (κ3) is 2.32. The van der Waals surface area contributed by atoms with Gasteiger partial charge < -0.3 is 4.57 Å². The van der Waals surface area contributed by atoms with E-state index in [0.29, 0.717) is 0 Å². The quantitative estimate of drug-likeness (QED) is 0.411. The molecule has 1 heteroatoms. The van der Waals surface area contributed by atoms with Gasteiger partial charge in [-0.3, -0.25) is 0 Å². The Kier molecular flexibility index (Phi) is 3.31. The summed E-state index contributed by atoms with van der Waals surface area (Å²) in [5, 5.41) is 1.35. The fourth-order valence-corrected chi connectivity index (χ4v) is 3.92. The molecule has 0 spiro atoms. The lowest BCUT2D eigenvalue weighted by molar-refractivity contribution is 0.889. The fraction of sp³-hybridized carbons (Fsp3) is 0.0833. The molecule has 0 saturated heterocycles. The average molecular weight is 321 g/mol. The average Bonchev–Trinajstić information content (AvgIpc) is 3.03. The van der Waals surface area contributed by atoms with Gasteiger partial charge in [0.15, 0.2) is 0 Å². The van der Waals surface area contributed by atoms with Crippen LogP contribution in [0.2, 0.25) is 0 Å². The zero-order valence-electron chi connectivity index (χ0n) is 14.0. The molecule has 0 radical (unpaired) electrons. The molecule has 0 saturated carbocycles. The highest BCUT2D eigenvalue weighted by Gasteiger charge is 2.18. The van der Waals surface area contributed by atoms with E-state index < -0.39 is 0 Å². The minimum atomic E-state index is 1.09. The summed E-state index contributed by atoms with van der Waals surface area (Å²) in [5.74, 6) is 0.